The first-order valence-corrected chi connectivity index (χ1v) is 6.40. The van der Waals surface area contributed by atoms with E-state index < -0.39 is 0 Å². The zero-order chi connectivity index (χ0) is 13.0. The topological polar surface area (TPSA) is 41.6 Å². The van der Waals surface area contributed by atoms with Gasteiger partial charge in [0.15, 0.2) is 0 Å². The molecular weight excluding hydrogens is 252 g/mol. The standard InChI is InChI=1S/C13H17ClN2O2/c1-18-9-12-3-2-8-16(12)13(17)15-11-6-4-10(14)5-7-11/h4-7,12H,2-3,8-9H2,1H3,(H,15,17). The third kappa shape index (κ3) is 3.15. The number of nitrogens with zero attached hydrogens (tertiary/aromatic N) is 1. The molecule has 1 fully saturated rings. The van der Waals surface area contributed by atoms with Crippen LogP contribution < -0.4 is 5.32 Å². The fourth-order valence-corrected chi connectivity index (χ4v) is 2.32. The van der Waals surface area contributed by atoms with E-state index in [0.717, 1.165) is 25.1 Å². The van der Waals surface area contributed by atoms with Crippen molar-refractivity contribution in [3.05, 3.63) is 29.3 Å². The lowest BCUT2D eigenvalue weighted by molar-refractivity contribution is 0.128. The Balaban J connectivity index is 1.96. The van der Waals surface area contributed by atoms with E-state index in [0.29, 0.717) is 11.6 Å². The van der Waals surface area contributed by atoms with E-state index in [1.807, 2.05) is 4.90 Å². The van der Waals surface area contributed by atoms with E-state index in [9.17, 15) is 4.79 Å². The van der Waals surface area contributed by atoms with Crippen LogP contribution in [0.1, 0.15) is 12.8 Å². The van der Waals surface area contributed by atoms with Gasteiger partial charge >= 0.3 is 6.03 Å². The van der Waals surface area contributed by atoms with Crippen LogP contribution in [0.5, 0.6) is 0 Å². The Morgan fingerprint density at radius 3 is 2.89 bits per heavy atom. The van der Waals surface area contributed by atoms with E-state index in [1.54, 1.807) is 31.4 Å². The maximum Gasteiger partial charge on any atom is 0.322 e. The smallest absolute Gasteiger partial charge is 0.322 e. The SMILES string of the molecule is COCC1CCCN1C(=O)Nc1ccc(Cl)cc1. The Labute approximate surface area is 112 Å². The second kappa shape index (κ2) is 6.07. The number of anilines is 1. The Morgan fingerprint density at radius 1 is 1.50 bits per heavy atom. The van der Waals surface area contributed by atoms with E-state index >= 15 is 0 Å². The van der Waals surface area contributed by atoms with E-state index in [2.05, 4.69) is 5.32 Å². The normalized spacial score (nSPS) is 19.0. The van der Waals surface area contributed by atoms with Gasteiger partial charge in [-0.2, -0.15) is 0 Å². The van der Waals surface area contributed by atoms with Crippen LogP contribution in [0.4, 0.5) is 10.5 Å². The maximum atomic E-state index is 12.1. The van der Waals surface area contributed by atoms with Crippen LogP contribution in [-0.4, -0.2) is 37.2 Å². The number of hydrogen-bond acceptors (Lipinski definition) is 2. The first-order chi connectivity index (χ1) is 8.70. The molecule has 2 amide bonds. The number of amides is 2. The molecule has 0 saturated carbocycles. The highest BCUT2D eigenvalue weighted by atomic mass is 35.5. The van der Waals surface area contributed by atoms with Gasteiger partial charge in [0.05, 0.1) is 12.6 Å². The monoisotopic (exact) mass is 268 g/mol. The highest BCUT2D eigenvalue weighted by molar-refractivity contribution is 6.30. The molecule has 1 aliphatic heterocycles. The number of methoxy groups -OCH3 is 1. The fourth-order valence-electron chi connectivity index (χ4n) is 2.20. The van der Waals surface area contributed by atoms with Crippen LogP contribution in [0.25, 0.3) is 0 Å². The Bertz CT molecular complexity index is 408. The molecule has 1 N–H and O–H groups in total. The molecular formula is C13H17ClN2O2. The van der Waals surface area contributed by atoms with Gasteiger partial charge in [-0.05, 0) is 37.1 Å². The summed E-state index contributed by atoms with van der Waals surface area (Å²) in [7, 11) is 1.66. The molecule has 2 rings (SSSR count). The number of nitrogens with one attached hydrogen (secondary N) is 1. The summed E-state index contributed by atoms with van der Waals surface area (Å²) in [6, 6.07) is 7.21. The van der Waals surface area contributed by atoms with Gasteiger partial charge in [0, 0.05) is 24.4 Å². The van der Waals surface area contributed by atoms with Gasteiger partial charge in [-0.3, -0.25) is 0 Å². The number of benzene rings is 1. The van der Waals surface area contributed by atoms with Crippen LogP contribution in [0.2, 0.25) is 5.02 Å². The van der Waals surface area contributed by atoms with Crippen LogP contribution in [0.15, 0.2) is 24.3 Å². The van der Waals surface area contributed by atoms with Crippen LogP contribution in [-0.2, 0) is 4.74 Å². The predicted octanol–water partition coefficient (Wildman–Crippen LogP) is 2.98. The summed E-state index contributed by atoms with van der Waals surface area (Å²) in [5, 5.41) is 3.53. The van der Waals surface area contributed by atoms with E-state index in [-0.39, 0.29) is 12.1 Å². The number of ether oxygens (including phenoxy) is 1. The average Bonchev–Trinajstić information content (AvgIpc) is 2.81. The third-order valence-corrected chi connectivity index (χ3v) is 3.34. The summed E-state index contributed by atoms with van der Waals surface area (Å²) in [6.07, 6.45) is 2.03. The van der Waals surface area contributed by atoms with Crippen molar-refractivity contribution in [1.82, 2.24) is 4.90 Å². The summed E-state index contributed by atoms with van der Waals surface area (Å²) in [6.45, 7) is 1.38. The minimum Gasteiger partial charge on any atom is -0.383 e. The van der Waals surface area contributed by atoms with Crippen molar-refractivity contribution in [2.75, 3.05) is 25.6 Å². The fraction of sp³-hybridized carbons (Fsp3) is 0.462. The number of halogens is 1. The first kappa shape index (κ1) is 13.2. The summed E-state index contributed by atoms with van der Waals surface area (Å²) in [4.78, 5) is 13.9. The van der Waals surface area contributed by atoms with Crippen LogP contribution >= 0.6 is 11.6 Å². The Kier molecular flexibility index (Phi) is 4.44. The number of carbonyl (C=O) groups is 1. The highest BCUT2D eigenvalue weighted by Crippen LogP contribution is 2.20. The number of carbonyl (C=O) groups excluding carboxylic acids is 1. The van der Waals surface area contributed by atoms with Gasteiger partial charge in [-0.15, -0.1) is 0 Å². The lowest BCUT2D eigenvalue weighted by Gasteiger charge is -2.24. The Hall–Kier alpha value is -1.26. The number of urea groups is 1. The molecule has 1 aromatic rings. The van der Waals surface area contributed by atoms with Gasteiger partial charge in [0.25, 0.3) is 0 Å². The van der Waals surface area contributed by atoms with Gasteiger partial charge in [0.1, 0.15) is 0 Å². The van der Waals surface area contributed by atoms with Crippen molar-refractivity contribution in [2.24, 2.45) is 0 Å². The van der Waals surface area contributed by atoms with Crippen molar-refractivity contribution >= 4 is 23.3 Å². The zero-order valence-corrected chi connectivity index (χ0v) is 11.1. The molecule has 1 aromatic carbocycles. The van der Waals surface area contributed by atoms with Crippen molar-refractivity contribution in [3.8, 4) is 0 Å². The molecule has 1 heterocycles. The predicted molar refractivity (Wildman–Crippen MR) is 72.1 cm³/mol. The molecule has 5 heteroatoms. The van der Waals surface area contributed by atoms with Gasteiger partial charge in [-0.1, -0.05) is 11.6 Å². The summed E-state index contributed by atoms with van der Waals surface area (Å²) < 4.78 is 5.13. The number of hydrogen-bond donors (Lipinski definition) is 1. The van der Waals surface area contributed by atoms with E-state index in [4.69, 9.17) is 16.3 Å². The van der Waals surface area contributed by atoms with Gasteiger partial charge in [0.2, 0.25) is 0 Å². The first-order valence-electron chi connectivity index (χ1n) is 6.03. The Morgan fingerprint density at radius 2 is 2.22 bits per heavy atom. The second-order valence-electron chi connectivity index (χ2n) is 4.38. The molecule has 1 atom stereocenters. The quantitative estimate of drug-likeness (QED) is 0.916. The molecule has 18 heavy (non-hydrogen) atoms. The minimum absolute atomic E-state index is 0.0723. The molecule has 0 spiro atoms. The van der Waals surface area contributed by atoms with Gasteiger partial charge in [-0.25, -0.2) is 4.79 Å². The second-order valence-corrected chi connectivity index (χ2v) is 4.82. The highest BCUT2D eigenvalue weighted by Gasteiger charge is 2.28. The number of rotatable bonds is 3. The molecule has 1 aliphatic rings. The molecule has 4 nitrogen and oxygen atoms in total. The van der Waals surface area contributed by atoms with E-state index in [1.165, 1.54) is 0 Å². The summed E-state index contributed by atoms with van der Waals surface area (Å²) in [5.74, 6) is 0. The molecule has 98 valence electrons. The molecule has 0 aromatic heterocycles. The maximum absolute atomic E-state index is 12.1. The summed E-state index contributed by atoms with van der Waals surface area (Å²) >= 11 is 5.80. The zero-order valence-electron chi connectivity index (χ0n) is 10.4. The molecule has 1 unspecified atom stereocenters. The average molecular weight is 269 g/mol. The molecule has 0 radical (unpaired) electrons. The summed E-state index contributed by atoms with van der Waals surface area (Å²) in [5.41, 5.74) is 0.757. The van der Waals surface area contributed by atoms with Crippen LogP contribution in [0, 0.1) is 0 Å². The van der Waals surface area contributed by atoms with Crippen molar-refractivity contribution in [1.29, 1.82) is 0 Å². The van der Waals surface area contributed by atoms with Crippen molar-refractivity contribution in [2.45, 2.75) is 18.9 Å². The lowest BCUT2D eigenvalue weighted by atomic mass is 10.2. The molecule has 1 saturated heterocycles. The molecule has 0 aliphatic carbocycles. The largest absolute Gasteiger partial charge is 0.383 e. The number of likely N-dealkylation sites (tertiary alicyclic amines) is 1. The van der Waals surface area contributed by atoms with Crippen LogP contribution in [0.3, 0.4) is 0 Å². The third-order valence-electron chi connectivity index (χ3n) is 3.09. The van der Waals surface area contributed by atoms with Gasteiger partial charge < -0.3 is 15.0 Å². The van der Waals surface area contributed by atoms with Crippen molar-refractivity contribution < 1.29 is 9.53 Å². The van der Waals surface area contributed by atoms with Crippen molar-refractivity contribution in [3.63, 3.8) is 0 Å². The molecule has 0 bridgehead atoms. The minimum atomic E-state index is -0.0723. The lowest BCUT2D eigenvalue weighted by Crippen LogP contribution is -2.40.